The lowest BCUT2D eigenvalue weighted by Gasteiger charge is -2.31. The third-order valence-electron chi connectivity index (χ3n) is 5.54. The summed E-state index contributed by atoms with van der Waals surface area (Å²) in [4.78, 5) is 39.0. The van der Waals surface area contributed by atoms with Crippen LogP contribution in [0.25, 0.3) is 11.1 Å². The first kappa shape index (κ1) is 19.8. The van der Waals surface area contributed by atoms with E-state index in [2.05, 4.69) is 5.10 Å². The second kappa shape index (κ2) is 8.45. The first-order valence-electron chi connectivity index (χ1n) is 10.1. The van der Waals surface area contributed by atoms with Crippen molar-refractivity contribution >= 4 is 11.7 Å². The van der Waals surface area contributed by atoms with Gasteiger partial charge in [-0.25, -0.2) is 4.68 Å². The first-order chi connectivity index (χ1) is 14.5. The molecule has 1 aliphatic heterocycles. The van der Waals surface area contributed by atoms with E-state index >= 15 is 0 Å². The van der Waals surface area contributed by atoms with Crippen LogP contribution in [0, 0.1) is 5.92 Å². The topological polar surface area (TPSA) is 72.3 Å². The van der Waals surface area contributed by atoms with E-state index in [4.69, 9.17) is 0 Å². The van der Waals surface area contributed by atoms with Gasteiger partial charge in [-0.05, 0) is 30.0 Å². The van der Waals surface area contributed by atoms with Crippen LogP contribution in [0.4, 0.5) is 0 Å². The molecule has 0 bridgehead atoms. The van der Waals surface area contributed by atoms with E-state index in [1.54, 1.807) is 4.90 Å². The molecule has 0 saturated carbocycles. The normalized spacial score (nSPS) is 16.3. The van der Waals surface area contributed by atoms with Crippen LogP contribution in [0.5, 0.6) is 0 Å². The number of aromatic nitrogens is 2. The number of piperidine rings is 1. The van der Waals surface area contributed by atoms with Crippen LogP contribution >= 0.6 is 0 Å². The van der Waals surface area contributed by atoms with Crippen LogP contribution in [-0.2, 0) is 7.05 Å². The van der Waals surface area contributed by atoms with Gasteiger partial charge in [-0.3, -0.25) is 14.4 Å². The summed E-state index contributed by atoms with van der Waals surface area (Å²) in [7, 11) is 1.51. The van der Waals surface area contributed by atoms with Crippen molar-refractivity contribution in [3.63, 3.8) is 0 Å². The van der Waals surface area contributed by atoms with Crippen LogP contribution < -0.4 is 5.56 Å². The van der Waals surface area contributed by atoms with Gasteiger partial charge in [-0.1, -0.05) is 54.6 Å². The Balaban J connectivity index is 1.47. The molecule has 3 aromatic rings. The first-order valence-corrected chi connectivity index (χ1v) is 10.1. The highest BCUT2D eigenvalue weighted by Crippen LogP contribution is 2.24. The van der Waals surface area contributed by atoms with Gasteiger partial charge in [-0.2, -0.15) is 5.10 Å². The predicted octanol–water partition coefficient (Wildman–Crippen LogP) is 3.18. The largest absolute Gasteiger partial charge is 0.337 e. The molecule has 152 valence electrons. The van der Waals surface area contributed by atoms with Crippen molar-refractivity contribution in [3.8, 4) is 11.1 Å². The number of carbonyl (C=O) groups excluding carboxylic acids is 2. The van der Waals surface area contributed by atoms with E-state index in [1.165, 1.54) is 19.2 Å². The number of aryl methyl sites for hydroxylation is 1. The summed E-state index contributed by atoms with van der Waals surface area (Å²) in [6, 6.07) is 20.4. The molecule has 1 aliphatic rings. The van der Waals surface area contributed by atoms with Crippen molar-refractivity contribution in [2.75, 3.05) is 13.1 Å². The summed E-state index contributed by atoms with van der Waals surface area (Å²) in [6.45, 7) is 0.947. The molecular formula is C24H23N3O3. The average Bonchev–Trinajstić information content (AvgIpc) is 2.80. The van der Waals surface area contributed by atoms with Crippen LogP contribution in [0.3, 0.4) is 0 Å². The van der Waals surface area contributed by atoms with Gasteiger partial charge in [0.2, 0.25) is 0 Å². The third kappa shape index (κ3) is 4.08. The van der Waals surface area contributed by atoms with Crippen molar-refractivity contribution < 1.29 is 9.59 Å². The Hall–Kier alpha value is -3.54. The lowest BCUT2D eigenvalue weighted by molar-refractivity contribution is 0.0630. The fraction of sp³-hybridized carbons (Fsp3) is 0.250. The van der Waals surface area contributed by atoms with Gasteiger partial charge < -0.3 is 4.90 Å². The van der Waals surface area contributed by atoms with Crippen LogP contribution in [-0.4, -0.2) is 39.5 Å². The second-order valence-corrected chi connectivity index (χ2v) is 7.58. The maximum Gasteiger partial charge on any atom is 0.274 e. The maximum atomic E-state index is 13.1. The van der Waals surface area contributed by atoms with E-state index in [-0.39, 0.29) is 28.9 Å². The number of hydrogen-bond acceptors (Lipinski definition) is 4. The highest BCUT2D eigenvalue weighted by Gasteiger charge is 2.30. The number of likely N-dealkylation sites (tertiary alicyclic amines) is 1. The molecule has 1 saturated heterocycles. The number of ketones is 1. The number of benzene rings is 2. The molecule has 1 amide bonds. The summed E-state index contributed by atoms with van der Waals surface area (Å²) in [5, 5.41) is 4.04. The van der Waals surface area contributed by atoms with E-state index in [1.807, 2.05) is 54.6 Å². The Morgan fingerprint density at radius 3 is 2.33 bits per heavy atom. The van der Waals surface area contributed by atoms with Gasteiger partial charge in [0.25, 0.3) is 11.5 Å². The minimum absolute atomic E-state index is 0.0560. The van der Waals surface area contributed by atoms with Gasteiger partial charge in [0.15, 0.2) is 5.78 Å². The molecule has 4 rings (SSSR count). The molecule has 1 fully saturated rings. The molecule has 1 unspecified atom stereocenters. The summed E-state index contributed by atoms with van der Waals surface area (Å²) in [5.41, 5.74) is 2.79. The Morgan fingerprint density at radius 1 is 0.933 bits per heavy atom. The van der Waals surface area contributed by atoms with E-state index in [9.17, 15) is 14.4 Å². The van der Waals surface area contributed by atoms with Crippen LogP contribution in [0.15, 0.2) is 71.5 Å². The lowest BCUT2D eigenvalue weighted by Crippen LogP contribution is -2.43. The molecule has 0 aliphatic carbocycles. The monoisotopic (exact) mass is 401 g/mol. The van der Waals surface area contributed by atoms with Gasteiger partial charge in [0.1, 0.15) is 5.69 Å². The number of rotatable bonds is 4. The molecule has 30 heavy (non-hydrogen) atoms. The van der Waals surface area contributed by atoms with Crippen molar-refractivity contribution in [2.45, 2.75) is 12.8 Å². The highest BCUT2D eigenvalue weighted by atomic mass is 16.2. The fourth-order valence-electron chi connectivity index (χ4n) is 3.85. The molecule has 2 aromatic carbocycles. The molecule has 2 heterocycles. The minimum atomic E-state index is -0.266. The number of nitrogens with zero attached hydrogens (tertiary/aromatic N) is 3. The van der Waals surface area contributed by atoms with Crippen molar-refractivity contribution in [2.24, 2.45) is 13.0 Å². The average molecular weight is 401 g/mol. The smallest absolute Gasteiger partial charge is 0.274 e. The standard InChI is InChI=1S/C24H23N3O3/c1-26-22(28)14-13-21(25-26)24(30)27-15-5-8-20(16-27)23(29)19-11-9-18(10-12-19)17-6-3-2-4-7-17/h2-4,6-7,9-14,20H,5,8,15-16H2,1H3. The Labute approximate surface area is 174 Å². The van der Waals surface area contributed by atoms with E-state index in [0.717, 1.165) is 28.7 Å². The fourth-order valence-corrected chi connectivity index (χ4v) is 3.85. The molecular weight excluding hydrogens is 378 g/mol. The predicted molar refractivity (Wildman–Crippen MR) is 114 cm³/mol. The maximum absolute atomic E-state index is 13.1. The molecule has 6 heteroatoms. The number of Topliss-reactive ketones (excluding diaryl/α,β-unsaturated/α-hetero) is 1. The zero-order chi connectivity index (χ0) is 21.1. The number of amides is 1. The van der Waals surface area contributed by atoms with Gasteiger partial charge in [-0.15, -0.1) is 0 Å². The third-order valence-corrected chi connectivity index (χ3v) is 5.54. The molecule has 1 aromatic heterocycles. The molecule has 0 N–H and O–H groups in total. The Bertz CT molecular complexity index is 1120. The molecule has 6 nitrogen and oxygen atoms in total. The van der Waals surface area contributed by atoms with E-state index < -0.39 is 0 Å². The molecule has 0 radical (unpaired) electrons. The zero-order valence-corrected chi connectivity index (χ0v) is 16.8. The summed E-state index contributed by atoms with van der Waals surface area (Å²) >= 11 is 0. The summed E-state index contributed by atoms with van der Waals surface area (Å²) < 4.78 is 1.15. The lowest BCUT2D eigenvalue weighted by atomic mass is 9.89. The van der Waals surface area contributed by atoms with E-state index in [0.29, 0.717) is 18.7 Å². The van der Waals surface area contributed by atoms with Crippen LogP contribution in [0.2, 0.25) is 0 Å². The number of carbonyl (C=O) groups is 2. The molecule has 1 atom stereocenters. The SMILES string of the molecule is Cn1nc(C(=O)N2CCCC(C(=O)c3ccc(-c4ccccc4)cc3)C2)ccc1=O. The van der Waals surface area contributed by atoms with Gasteiger partial charge >= 0.3 is 0 Å². The Kier molecular flexibility index (Phi) is 5.57. The van der Waals surface area contributed by atoms with Crippen molar-refractivity contribution in [3.05, 3.63) is 88.3 Å². The van der Waals surface area contributed by atoms with Crippen molar-refractivity contribution in [1.82, 2.24) is 14.7 Å². The Morgan fingerprint density at radius 2 is 1.63 bits per heavy atom. The molecule has 0 spiro atoms. The minimum Gasteiger partial charge on any atom is -0.337 e. The zero-order valence-electron chi connectivity index (χ0n) is 16.8. The second-order valence-electron chi connectivity index (χ2n) is 7.58. The van der Waals surface area contributed by atoms with Gasteiger partial charge in [0.05, 0.1) is 0 Å². The number of hydrogen-bond donors (Lipinski definition) is 0. The highest BCUT2D eigenvalue weighted by molar-refractivity contribution is 5.99. The van der Waals surface area contributed by atoms with Crippen LogP contribution in [0.1, 0.15) is 33.7 Å². The van der Waals surface area contributed by atoms with Gasteiger partial charge in [0, 0.05) is 37.7 Å². The summed E-state index contributed by atoms with van der Waals surface area (Å²) in [5.74, 6) is -0.430. The van der Waals surface area contributed by atoms with Crippen molar-refractivity contribution in [1.29, 1.82) is 0 Å². The summed E-state index contributed by atoms with van der Waals surface area (Å²) in [6.07, 6.45) is 1.51. The quantitative estimate of drug-likeness (QED) is 0.630.